The Morgan fingerprint density at radius 3 is 2.37 bits per heavy atom. The predicted molar refractivity (Wildman–Crippen MR) is 115 cm³/mol. The normalized spacial score (nSPS) is 12.4. The molecule has 0 spiro atoms. The Morgan fingerprint density at radius 1 is 1.00 bits per heavy atom. The molecule has 0 radical (unpaired) electrons. The highest BCUT2D eigenvalue weighted by Gasteiger charge is 2.20. The zero-order valence-electron chi connectivity index (χ0n) is 17.7. The van der Waals surface area contributed by atoms with Gasteiger partial charge in [-0.15, -0.1) is 0 Å². The van der Waals surface area contributed by atoms with Crippen LogP contribution in [0.4, 0.5) is 5.69 Å². The maximum atomic E-state index is 12.5. The molecule has 30 heavy (non-hydrogen) atoms. The molecule has 0 bridgehead atoms. The minimum atomic E-state index is -1.01. The van der Waals surface area contributed by atoms with Gasteiger partial charge in [-0.25, -0.2) is 0 Å². The summed E-state index contributed by atoms with van der Waals surface area (Å²) in [6.07, 6.45) is -0.0748. The Balaban J connectivity index is 1.90. The van der Waals surface area contributed by atoms with E-state index in [9.17, 15) is 14.4 Å². The fourth-order valence-corrected chi connectivity index (χ4v) is 2.87. The fraction of sp³-hybridized carbons (Fsp3) is 0.348. The number of carbonyl (C=O) groups is 3. The van der Waals surface area contributed by atoms with E-state index < -0.39 is 23.9 Å². The number of nitrogens with one attached hydrogen (secondary N) is 2. The lowest BCUT2D eigenvalue weighted by Gasteiger charge is -2.18. The first kappa shape index (κ1) is 22.9. The number of rotatable bonds is 9. The number of carbonyl (C=O) groups excluding carboxylic acids is 3. The van der Waals surface area contributed by atoms with Crippen molar-refractivity contribution in [1.82, 2.24) is 5.32 Å². The van der Waals surface area contributed by atoms with Gasteiger partial charge in [-0.1, -0.05) is 44.2 Å². The van der Waals surface area contributed by atoms with Gasteiger partial charge in [-0.2, -0.15) is 0 Å². The molecule has 0 fully saturated rings. The minimum Gasteiger partial charge on any atom is -0.496 e. The van der Waals surface area contributed by atoms with Crippen molar-refractivity contribution in [2.75, 3.05) is 19.0 Å². The summed E-state index contributed by atoms with van der Waals surface area (Å²) in [5.74, 6) is -0.934. The highest BCUT2D eigenvalue weighted by atomic mass is 16.5. The van der Waals surface area contributed by atoms with E-state index in [4.69, 9.17) is 9.47 Å². The van der Waals surface area contributed by atoms with Crippen molar-refractivity contribution in [3.05, 3.63) is 59.7 Å². The lowest BCUT2D eigenvalue weighted by molar-refractivity contribution is -0.152. The Bertz CT molecular complexity index is 897. The van der Waals surface area contributed by atoms with Crippen LogP contribution in [0.15, 0.2) is 48.5 Å². The summed E-state index contributed by atoms with van der Waals surface area (Å²) in [5, 5.41) is 5.29. The zero-order chi connectivity index (χ0) is 22.1. The zero-order valence-corrected chi connectivity index (χ0v) is 17.7. The van der Waals surface area contributed by atoms with Crippen molar-refractivity contribution in [2.45, 2.75) is 39.2 Å². The standard InChI is InChI=1S/C23H28N2O5/c1-5-15(2)17-10-6-8-12-19(17)25-22(27)16(3)30-21(26)14-24-23(28)18-11-7-9-13-20(18)29-4/h6-13,15-16H,5,14H2,1-4H3,(H,24,28)(H,25,27)/t15-,16+/m1/s1. The molecule has 0 aliphatic carbocycles. The molecular weight excluding hydrogens is 384 g/mol. The number of hydrogen-bond donors (Lipinski definition) is 2. The van der Waals surface area contributed by atoms with Gasteiger partial charge in [0, 0.05) is 5.69 Å². The molecule has 7 nitrogen and oxygen atoms in total. The number of benzene rings is 2. The first-order valence-electron chi connectivity index (χ1n) is 9.87. The molecule has 2 aromatic rings. The molecule has 160 valence electrons. The number of amides is 2. The minimum absolute atomic E-state index is 0.282. The van der Waals surface area contributed by atoms with Crippen LogP contribution in [0.5, 0.6) is 5.75 Å². The van der Waals surface area contributed by atoms with E-state index >= 15 is 0 Å². The highest BCUT2D eigenvalue weighted by molar-refractivity contribution is 5.99. The summed E-state index contributed by atoms with van der Waals surface area (Å²) in [5.41, 5.74) is 2.03. The molecule has 0 saturated heterocycles. The third kappa shape index (κ3) is 6.07. The van der Waals surface area contributed by atoms with Crippen LogP contribution in [0.25, 0.3) is 0 Å². The molecular formula is C23H28N2O5. The molecule has 2 N–H and O–H groups in total. The maximum Gasteiger partial charge on any atom is 0.326 e. The summed E-state index contributed by atoms with van der Waals surface area (Å²) in [4.78, 5) is 36.8. The SMILES string of the molecule is CC[C@@H](C)c1ccccc1NC(=O)[C@H](C)OC(=O)CNC(=O)c1ccccc1OC. The van der Waals surface area contributed by atoms with E-state index in [1.165, 1.54) is 14.0 Å². The molecule has 2 rings (SSSR count). The van der Waals surface area contributed by atoms with Crippen LogP contribution in [0, 0.1) is 0 Å². The third-order valence-corrected chi connectivity index (χ3v) is 4.78. The second-order valence-electron chi connectivity index (χ2n) is 6.90. The van der Waals surface area contributed by atoms with E-state index in [-0.39, 0.29) is 12.5 Å². The van der Waals surface area contributed by atoms with Gasteiger partial charge < -0.3 is 20.1 Å². The van der Waals surface area contributed by atoms with Gasteiger partial charge in [0.05, 0.1) is 12.7 Å². The fourth-order valence-electron chi connectivity index (χ4n) is 2.87. The van der Waals surface area contributed by atoms with Crippen molar-refractivity contribution >= 4 is 23.5 Å². The first-order chi connectivity index (χ1) is 14.4. The van der Waals surface area contributed by atoms with E-state index in [0.717, 1.165) is 12.0 Å². The number of esters is 1. The van der Waals surface area contributed by atoms with Crippen LogP contribution in [0.3, 0.4) is 0 Å². The topological polar surface area (TPSA) is 93.7 Å². The Kier molecular flexibility index (Phi) is 8.41. The number of anilines is 1. The Labute approximate surface area is 176 Å². The molecule has 0 aromatic heterocycles. The van der Waals surface area contributed by atoms with Crippen LogP contribution in [-0.4, -0.2) is 37.5 Å². The maximum absolute atomic E-state index is 12.5. The van der Waals surface area contributed by atoms with Crippen molar-refractivity contribution in [1.29, 1.82) is 0 Å². The van der Waals surface area contributed by atoms with Crippen LogP contribution in [-0.2, 0) is 14.3 Å². The molecule has 0 unspecified atom stereocenters. The molecule has 7 heteroatoms. The van der Waals surface area contributed by atoms with Crippen molar-refractivity contribution in [3.63, 3.8) is 0 Å². The van der Waals surface area contributed by atoms with Crippen molar-refractivity contribution in [2.24, 2.45) is 0 Å². The third-order valence-electron chi connectivity index (χ3n) is 4.78. The lowest BCUT2D eigenvalue weighted by atomic mass is 9.97. The molecule has 0 aliphatic heterocycles. The van der Waals surface area contributed by atoms with Crippen molar-refractivity contribution in [3.8, 4) is 5.75 Å². The van der Waals surface area contributed by atoms with Gasteiger partial charge in [-0.3, -0.25) is 14.4 Å². The molecule has 2 aromatic carbocycles. The Morgan fingerprint density at radius 2 is 1.67 bits per heavy atom. The van der Waals surface area contributed by atoms with Crippen molar-refractivity contribution < 1.29 is 23.9 Å². The van der Waals surface area contributed by atoms with E-state index in [1.807, 2.05) is 24.3 Å². The summed E-state index contributed by atoms with van der Waals surface area (Å²) in [7, 11) is 1.46. The van der Waals surface area contributed by atoms with Crippen LogP contribution >= 0.6 is 0 Å². The second kappa shape index (κ2) is 11.0. The summed E-state index contributed by atoms with van der Waals surface area (Å²) >= 11 is 0. The van der Waals surface area contributed by atoms with Crippen LogP contribution in [0.2, 0.25) is 0 Å². The van der Waals surface area contributed by atoms with E-state index in [0.29, 0.717) is 17.0 Å². The number of methoxy groups -OCH3 is 1. The summed E-state index contributed by atoms with van der Waals surface area (Å²) in [6, 6.07) is 14.2. The first-order valence-corrected chi connectivity index (χ1v) is 9.87. The monoisotopic (exact) mass is 412 g/mol. The van der Waals surface area contributed by atoms with Gasteiger partial charge in [0.1, 0.15) is 12.3 Å². The van der Waals surface area contributed by atoms with Crippen LogP contribution in [0.1, 0.15) is 49.0 Å². The smallest absolute Gasteiger partial charge is 0.326 e. The largest absolute Gasteiger partial charge is 0.496 e. The van der Waals surface area contributed by atoms with Crippen LogP contribution < -0.4 is 15.4 Å². The quantitative estimate of drug-likeness (QED) is 0.615. The predicted octanol–water partition coefficient (Wildman–Crippen LogP) is 3.51. The van der Waals surface area contributed by atoms with E-state index in [1.54, 1.807) is 24.3 Å². The van der Waals surface area contributed by atoms with Gasteiger partial charge in [0.15, 0.2) is 6.10 Å². The summed E-state index contributed by atoms with van der Waals surface area (Å²) < 4.78 is 10.3. The van der Waals surface area contributed by atoms with Gasteiger partial charge in [0.2, 0.25) is 0 Å². The molecule has 0 saturated carbocycles. The molecule has 0 heterocycles. The van der Waals surface area contributed by atoms with Gasteiger partial charge in [0.25, 0.3) is 11.8 Å². The van der Waals surface area contributed by atoms with Gasteiger partial charge in [-0.05, 0) is 43.0 Å². The second-order valence-corrected chi connectivity index (χ2v) is 6.90. The number of ether oxygens (including phenoxy) is 2. The number of hydrogen-bond acceptors (Lipinski definition) is 5. The highest BCUT2D eigenvalue weighted by Crippen LogP contribution is 2.26. The lowest BCUT2D eigenvalue weighted by Crippen LogP contribution is -2.36. The number of para-hydroxylation sites is 2. The summed E-state index contributed by atoms with van der Waals surface area (Å²) in [6.45, 7) is 5.28. The average Bonchev–Trinajstić information content (AvgIpc) is 2.77. The Hall–Kier alpha value is -3.35. The molecule has 2 amide bonds. The molecule has 2 atom stereocenters. The average molecular weight is 412 g/mol. The van der Waals surface area contributed by atoms with Gasteiger partial charge >= 0.3 is 5.97 Å². The molecule has 0 aliphatic rings. The van der Waals surface area contributed by atoms with E-state index in [2.05, 4.69) is 24.5 Å².